The number of rotatable bonds is 3. The fourth-order valence-corrected chi connectivity index (χ4v) is 2.67. The van der Waals surface area contributed by atoms with Crippen LogP contribution in [0.2, 0.25) is 0 Å². The quantitative estimate of drug-likeness (QED) is 0.857. The summed E-state index contributed by atoms with van der Waals surface area (Å²) >= 11 is 0. The van der Waals surface area contributed by atoms with Crippen LogP contribution in [0, 0.1) is 5.92 Å². The van der Waals surface area contributed by atoms with Crippen LogP contribution in [-0.2, 0) is 0 Å². The van der Waals surface area contributed by atoms with Crippen molar-refractivity contribution in [3.63, 3.8) is 0 Å². The number of likely N-dealkylation sites (tertiary alicyclic amines) is 1. The first kappa shape index (κ1) is 13.1. The molecule has 2 atom stereocenters. The van der Waals surface area contributed by atoms with E-state index in [2.05, 4.69) is 4.90 Å². The molecule has 1 saturated heterocycles. The molecule has 1 aromatic rings. The Morgan fingerprint density at radius 3 is 2.83 bits per heavy atom. The topological polar surface area (TPSA) is 60.8 Å². The van der Waals surface area contributed by atoms with Gasteiger partial charge in [-0.15, -0.1) is 0 Å². The average Bonchev–Trinajstić information content (AvgIpc) is 2.38. The molecular formula is C14H19NO3. The summed E-state index contributed by atoms with van der Waals surface area (Å²) in [6, 6.07) is 6.72. The number of piperidine rings is 1. The summed E-state index contributed by atoms with van der Waals surface area (Å²) in [4.78, 5) is 13.3. The minimum Gasteiger partial charge on any atom is -0.478 e. The van der Waals surface area contributed by atoms with E-state index in [1.807, 2.05) is 7.05 Å². The summed E-state index contributed by atoms with van der Waals surface area (Å²) in [7, 11) is 2.03. The minimum atomic E-state index is -0.978. The number of nitrogens with zero attached hydrogens (tertiary/aromatic N) is 1. The van der Waals surface area contributed by atoms with Gasteiger partial charge in [0.1, 0.15) is 0 Å². The maximum absolute atomic E-state index is 11.2. The van der Waals surface area contributed by atoms with Gasteiger partial charge < -0.3 is 15.1 Å². The zero-order valence-corrected chi connectivity index (χ0v) is 10.5. The molecule has 2 rings (SSSR count). The maximum Gasteiger partial charge on any atom is 0.336 e. The summed E-state index contributed by atoms with van der Waals surface area (Å²) in [6.07, 6.45) is 1.30. The molecule has 18 heavy (non-hydrogen) atoms. The molecule has 0 radical (unpaired) electrons. The lowest BCUT2D eigenvalue weighted by Gasteiger charge is -2.33. The van der Waals surface area contributed by atoms with E-state index in [1.165, 1.54) is 0 Å². The van der Waals surface area contributed by atoms with Gasteiger partial charge >= 0.3 is 5.97 Å². The van der Waals surface area contributed by atoms with E-state index in [9.17, 15) is 9.90 Å². The van der Waals surface area contributed by atoms with Crippen LogP contribution >= 0.6 is 0 Å². The molecule has 0 bridgehead atoms. The van der Waals surface area contributed by atoms with E-state index in [1.54, 1.807) is 24.3 Å². The molecule has 1 fully saturated rings. The van der Waals surface area contributed by atoms with Gasteiger partial charge in [-0.1, -0.05) is 18.2 Å². The molecule has 0 amide bonds. The fourth-order valence-electron chi connectivity index (χ4n) is 2.67. The molecule has 4 heteroatoms. The average molecular weight is 249 g/mol. The van der Waals surface area contributed by atoms with Crippen LogP contribution in [0.25, 0.3) is 0 Å². The third-order valence-electron chi connectivity index (χ3n) is 3.62. The van der Waals surface area contributed by atoms with E-state index in [0.717, 1.165) is 25.9 Å². The molecule has 0 spiro atoms. The first-order chi connectivity index (χ1) is 8.59. The number of benzene rings is 1. The van der Waals surface area contributed by atoms with Gasteiger partial charge in [-0.2, -0.15) is 0 Å². The Morgan fingerprint density at radius 2 is 2.17 bits per heavy atom. The maximum atomic E-state index is 11.2. The second kappa shape index (κ2) is 5.50. The van der Waals surface area contributed by atoms with Crippen LogP contribution in [0.1, 0.15) is 34.9 Å². The van der Waals surface area contributed by atoms with Crippen LogP contribution in [0.4, 0.5) is 0 Å². The molecule has 98 valence electrons. The van der Waals surface area contributed by atoms with Gasteiger partial charge in [0, 0.05) is 12.5 Å². The van der Waals surface area contributed by atoms with Crippen LogP contribution in [-0.4, -0.2) is 41.2 Å². The van der Waals surface area contributed by atoms with E-state index in [4.69, 9.17) is 5.11 Å². The molecule has 2 N–H and O–H groups in total. The molecule has 1 heterocycles. The largest absolute Gasteiger partial charge is 0.478 e. The van der Waals surface area contributed by atoms with Crippen molar-refractivity contribution in [2.24, 2.45) is 5.92 Å². The van der Waals surface area contributed by atoms with Crippen molar-refractivity contribution >= 4 is 5.97 Å². The highest BCUT2D eigenvalue weighted by molar-refractivity contribution is 5.89. The van der Waals surface area contributed by atoms with Gasteiger partial charge in [-0.3, -0.25) is 0 Å². The third-order valence-corrected chi connectivity index (χ3v) is 3.62. The molecule has 0 aliphatic carbocycles. The number of aromatic carboxylic acids is 1. The Bertz CT molecular complexity index is 433. The van der Waals surface area contributed by atoms with E-state index < -0.39 is 12.1 Å². The van der Waals surface area contributed by atoms with Crippen molar-refractivity contribution in [2.45, 2.75) is 18.9 Å². The Labute approximate surface area is 107 Å². The van der Waals surface area contributed by atoms with E-state index >= 15 is 0 Å². The molecule has 0 saturated carbocycles. The van der Waals surface area contributed by atoms with Gasteiger partial charge in [-0.25, -0.2) is 4.79 Å². The van der Waals surface area contributed by atoms with Crippen LogP contribution in [0.15, 0.2) is 24.3 Å². The van der Waals surface area contributed by atoms with Crippen molar-refractivity contribution in [3.8, 4) is 0 Å². The monoisotopic (exact) mass is 249 g/mol. The first-order valence-corrected chi connectivity index (χ1v) is 6.28. The zero-order valence-electron chi connectivity index (χ0n) is 10.5. The predicted molar refractivity (Wildman–Crippen MR) is 68.6 cm³/mol. The molecule has 0 aromatic heterocycles. The van der Waals surface area contributed by atoms with Crippen LogP contribution in [0.3, 0.4) is 0 Å². The van der Waals surface area contributed by atoms with E-state index in [0.29, 0.717) is 5.56 Å². The molecular weight excluding hydrogens is 230 g/mol. The number of carboxylic acids is 1. The van der Waals surface area contributed by atoms with Gasteiger partial charge in [0.25, 0.3) is 0 Å². The number of aliphatic hydroxyl groups is 1. The highest BCUT2D eigenvalue weighted by Crippen LogP contribution is 2.31. The molecule has 1 aliphatic heterocycles. The minimum absolute atomic E-state index is 0.115. The number of hydrogen-bond acceptors (Lipinski definition) is 3. The Morgan fingerprint density at radius 1 is 1.44 bits per heavy atom. The Kier molecular flexibility index (Phi) is 3.99. The Balaban J connectivity index is 2.22. The zero-order chi connectivity index (χ0) is 13.1. The highest BCUT2D eigenvalue weighted by Gasteiger charge is 2.27. The SMILES string of the molecule is CN1CCCC(C(O)c2ccccc2C(=O)O)C1. The summed E-state index contributed by atoms with van der Waals surface area (Å²) in [5, 5.41) is 19.5. The second-order valence-electron chi connectivity index (χ2n) is 5.00. The standard InChI is InChI=1S/C14H19NO3/c1-15-8-4-5-10(9-15)13(16)11-6-2-3-7-12(11)14(17)18/h2-3,6-7,10,13,16H,4-5,8-9H2,1H3,(H,17,18). The predicted octanol–water partition coefficient (Wildman–Crippen LogP) is 1.76. The number of aliphatic hydroxyl groups excluding tert-OH is 1. The van der Waals surface area contributed by atoms with Gasteiger partial charge in [-0.05, 0) is 38.1 Å². The normalized spacial score (nSPS) is 22.7. The molecule has 2 unspecified atom stereocenters. The smallest absolute Gasteiger partial charge is 0.336 e. The molecule has 4 nitrogen and oxygen atoms in total. The second-order valence-corrected chi connectivity index (χ2v) is 5.00. The van der Waals surface area contributed by atoms with Crippen molar-refractivity contribution in [1.82, 2.24) is 4.90 Å². The summed E-state index contributed by atoms with van der Waals surface area (Å²) in [5.41, 5.74) is 0.739. The van der Waals surface area contributed by atoms with Gasteiger partial charge in [0.05, 0.1) is 11.7 Å². The fraction of sp³-hybridized carbons (Fsp3) is 0.500. The molecule has 1 aromatic carbocycles. The Hall–Kier alpha value is -1.39. The third kappa shape index (κ3) is 2.71. The molecule has 1 aliphatic rings. The highest BCUT2D eigenvalue weighted by atomic mass is 16.4. The van der Waals surface area contributed by atoms with Gasteiger partial charge in [0.15, 0.2) is 0 Å². The summed E-state index contributed by atoms with van der Waals surface area (Å²) < 4.78 is 0. The summed E-state index contributed by atoms with van der Waals surface area (Å²) in [5.74, 6) is -0.863. The first-order valence-electron chi connectivity index (χ1n) is 6.28. The van der Waals surface area contributed by atoms with Crippen LogP contribution in [0.5, 0.6) is 0 Å². The van der Waals surface area contributed by atoms with Crippen LogP contribution < -0.4 is 0 Å². The number of carbonyl (C=O) groups is 1. The van der Waals surface area contributed by atoms with Crippen molar-refractivity contribution in [3.05, 3.63) is 35.4 Å². The van der Waals surface area contributed by atoms with Gasteiger partial charge in [0.2, 0.25) is 0 Å². The number of hydrogen-bond donors (Lipinski definition) is 2. The lowest BCUT2D eigenvalue weighted by molar-refractivity contribution is 0.0549. The lowest BCUT2D eigenvalue weighted by Crippen LogP contribution is -2.35. The number of carboxylic acid groups (broad SMARTS) is 1. The van der Waals surface area contributed by atoms with Crippen molar-refractivity contribution in [2.75, 3.05) is 20.1 Å². The van der Waals surface area contributed by atoms with Crippen molar-refractivity contribution < 1.29 is 15.0 Å². The lowest BCUT2D eigenvalue weighted by atomic mass is 9.87. The summed E-state index contributed by atoms with van der Waals surface area (Å²) in [6.45, 7) is 1.86. The van der Waals surface area contributed by atoms with E-state index in [-0.39, 0.29) is 11.5 Å². The van der Waals surface area contributed by atoms with Crippen molar-refractivity contribution in [1.29, 1.82) is 0 Å².